The second kappa shape index (κ2) is 1.86. The van der Waals surface area contributed by atoms with Crippen molar-refractivity contribution in [1.82, 2.24) is 0 Å². The van der Waals surface area contributed by atoms with Crippen LogP contribution in [0.1, 0.15) is 33.8 Å². The number of fused-ring (bicyclic) bond motifs is 3. The number of hydrogen-bond acceptors (Lipinski definition) is 1. The van der Waals surface area contributed by atoms with Gasteiger partial charge in [-0.05, 0) is 23.6 Å². The molecule has 0 aliphatic heterocycles. The van der Waals surface area contributed by atoms with Crippen LogP contribution in [-0.4, -0.2) is 6.29 Å². The van der Waals surface area contributed by atoms with Crippen molar-refractivity contribution in [3.05, 3.63) is 40.5 Å². The van der Waals surface area contributed by atoms with E-state index < -0.39 is 0 Å². The number of hydrogen-bond donors (Lipinski definition) is 0. The average Bonchev–Trinajstić information content (AvgIpc) is 2.78. The Morgan fingerprint density at radius 2 is 2.33 bits per heavy atom. The molecule has 2 aliphatic carbocycles. The molecule has 1 unspecified atom stereocenters. The Labute approximate surface area is 70.7 Å². The van der Waals surface area contributed by atoms with Crippen LogP contribution in [0.15, 0.2) is 23.8 Å². The molecule has 1 aromatic rings. The topological polar surface area (TPSA) is 17.1 Å². The molecule has 1 aromatic carbocycles. The van der Waals surface area contributed by atoms with E-state index in [0.29, 0.717) is 5.92 Å². The van der Waals surface area contributed by atoms with Crippen LogP contribution < -0.4 is 0 Å². The summed E-state index contributed by atoms with van der Waals surface area (Å²) in [6.45, 7) is 0. The summed E-state index contributed by atoms with van der Waals surface area (Å²) < 4.78 is 0. The third-order valence-corrected chi connectivity index (χ3v) is 2.69. The Balaban J connectivity index is 2.20. The van der Waals surface area contributed by atoms with E-state index in [1.165, 1.54) is 23.1 Å². The Bertz CT molecular complexity index is 401. The fourth-order valence-corrected chi connectivity index (χ4v) is 1.95. The van der Waals surface area contributed by atoms with Gasteiger partial charge >= 0.3 is 0 Å². The quantitative estimate of drug-likeness (QED) is 0.570. The minimum atomic E-state index is 0.709. The number of carbonyl (C=O) groups is 1. The molecule has 1 saturated carbocycles. The molecular weight excluding hydrogens is 148 g/mol. The zero-order valence-corrected chi connectivity index (χ0v) is 6.58. The molecule has 0 heterocycles. The van der Waals surface area contributed by atoms with Crippen LogP contribution in [0, 0.1) is 0 Å². The first-order chi connectivity index (χ1) is 5.88. The highest BCUT2D eigenvalue weighted by Crippen LogP contribution is 2.54. The highest BCUT2D eigenvalue weighted by atomic mass is 16.1. The second-order valence-corrected chi connectivity index (χ2v) is 3.48. The van der Waals surface area contributed by atoms with Crippen LogP contribution in [0.3, 0.4) is 0 Å². The molecule has 0 saturated heterocycles. The molecule has 1 atom stereocenters. The summed E-state index contributed by atoms with van der Waals surface area (Å²) in [5.74, 6) is 0.709. The first kappa shape index (κ1) is 6.18. The average molecular weight is 156 g/mol. The lowest BCUT2D eigenvalue weighted by Crippen LogP contribution is -1.86. The SMILES string of the molecule is O=Cc1ccc2c(c1)C=C1CC12. The highest BCUT2D eigenvalue weighted by molar-refractivity contribution is 5.80. The molecule has 3 rings (SSSR count). The summed E-state index contributed by atoms with van der Waals surface area (Å²) in [5.41, 5.74) is 4.99. The number of rotatable bonds is 1. The summed E-state index contributed by atoms with van der Waals surface area (Å²) in [7, 11) is 0. The predicted octanol–water partition coefficient (Wildman–Crippen LogP) is 2.38. The molecule has 12 heavy (non-hydrogen) atoms. The molecular formula is C11H8O. The monoisotopic (exact) mass is 156 g/mol. The molecule has 0 spiro atoms. The smallest absolute Gasteiger partial charge is 0.150 e. The summed E-state index contributed by atoms with van der Waals surface area (Å²) in [6, 6.07) is 5.96. The van der Waals surface area contributed by atoms with Gasteiger partial charge in [0.15, 0.2) is 0 Å². The van der Waals surface area contributed by atoms with Crippen molar-refractivity contribution in [3.63, 3.8) is 0 Å². The van der Waals surface area contributed by atoms with E-state index in [-0.39, 0.29) is 0 Å². The maximum absolute atomic E-state index is 10.5. The van der Waals surface area contributed by atoms with Gasteiger partial charge in [-0.3, -0.25) is 4.79 Å². The van der Waals surface area contributed by atoms with E-state index in [2.05, 4.69) is 12.1 Å². The minimum absolute atomic E-state index is 0.709. The second-order valence-electron chi connectivity index (χ2n) is 3.48. The first-order valence-corrected chi connectivity index (χ1v) is 4.18. The maximum atomic E-state index is 10.5. The maximum Gasteiger partial charge on any atom is 0.150 e. The Hall–Kier alpha value is -1.37. The van der Waals surface area contributed by atoms with Gasteiger partial charge < -0.3 is 0 Å². The molecule has 58 valence electrons. The molecule has 0 radical (unpaired) electrons. The molecule has 2 aliphatic rings. The summed E-state index contributed by atoms with van der Waals surface area (Å²) in [6.07, 6.45) is 4.36. The lowest BCUT2D eigenvalue weighted by molar-refractivity contribution is 0.112. The van der Waals surface area contributed by atoms with Gasteiger partial charge in [0, 0.05) is 11.5 Å². The van der Waals surface area contributed by atoms with Gasteiger partial charge in [-0.15, -0.1) is 0 Å². The van der Waals surface area contributed by atoms with Crippen molar-refractivity contribution in [3.8, 4) is 0 Å². The van der Waals surface area contributed by atoms with Gasteiger partial charge in [-0.25, -0.2) is 0 Å². The fraction of sp³-hybridized carbons (Fsp3) is 0.182. The number of benzene rings is 1. The van der Waals surface area contributed by atoms with Crippen molar-refractivity contribution in [2.75, 3.05) is 0 Å². The van der Waals surface area contributed by atoms with E-state index in [0.717, 1.165) is 11.8 Å². The Morgan fingerprint density at radius 3 is 3.17 bits per heavy atom. The molecule has 0 amide bonds. The normalized spacial score (nSPS) is 22.7. The molecule has 0 N–H and O–H groups in total. The van der Waals surface area contributed by atoms with Crippen LogP contribution >= 0.6 is 0 Å². The largest absolute Gasteiger partial charge is 0.298 e. The van der Waals surface area contributed by atoms with Crippen LogP contribution in [0.5, 0.6) is 0 Å². The van der Waals surface area contributed by atoms with Crippen molar-refractivity contribution in [1.29, 1.82) is 0 Å². The highest BCUT2D eigenvalue weighted by Gasteiger charge is 2.37. The zero-order valence-electron chi connectivity index (χ0n) is 6.58. The van der Waals surface area contributed by atoms with Crippen LogP contribution in [0.2, 0.25) is 0 Å². The standard InChI is InChI=1S/C11H8O/c12-6-7-1-2-10-8(3-7)4-9-5-11(9)10/h1-4,6,11H,5H2. The van der Waals surface area contributed by atoms with Crippen molar-refractivity contribution in [2.24, 2.45) is 0 Å². The van der Waals surface area contributed by atoms with Crippen LogP contribution in [-0.2, 0) is 0 Å². The number of allylic oxidation sites excluding steroid dienone is 1. The lowest BCUT2D eigenvalue weighted by atomic mass is 10.0. The van der Waals surface area contributed by atoms with E-state index in [1.807, 2.05) is 12.1 Å². The van der Waals surface area contributed by atoms with Gasteiger partial charge in [0.25, 0.3) is 0 Å². The van der Waals surface area contributed by atoms with Crippen LogP contribution in [0.4, 0.5) is 0 Å². The third kappa shape index (κ3) is 0.658. The fourth-order valence-electron chi connectivity index (χ4n) is 1.95. The van der Waals surface area contributed by atoms with Crippen molar-refractivity contribution < 1.29 is 4.79 Å². The first-order valence-electron chi connectivity index (χ1n) is 4.18. The van der Waals surface area contributed by atoms with Gasteiger partial charge in [0.05, 0.1) is 0 Å². The van der Waals surface area contributed by atoms with Gasteiger partial charge in [-0.1, -0.05) is 23.8 Å². The Morgan fingerprint density at radius 1 is 1.42 bits per heavy atom. The van der Waals surface area contributed by atoms with E-state index in [4.69, 9.17) is 0 Å². The molecule has 0 aromatic heterocycles. The van der Waals surface area contributed by atoms with Crippen LogP contribution in [0.25, 0.3) is 6.08 Å². The lowest BCUT2D eigenvalue weighted by Gasteiger charge is -2.00. The molecule has 0 bridgehead atoms. The van der Waals surface area contributed by atoms with Gasteiger partial charge in [0.2, 0.25) is 0 Å². The van der Waals surface area contributed by atoms with Crippen molar-refractivity contribution in [2.45, 2.75) is 12.3 Å². The molecule has 1 fully saturated rings. The van der Waals surface area contributed by atoms with E-state index in [9.17, 15) is 4.79 Å². The van der Waals surface area contributed by atoms with Gasteiger partial charge in [0.1, 0.15) is 6.29 Å². The predicted molar refractivity (Wildman–Crippen MR) is 47.2 cm³/mol. The van der Waals surface area contributed by atoms with E-state index in [1.54, 1.807) is 0 Å². The Kier molecular flexibility index (Phi) is 0.959. The summed E-state index contributed by atoms with van der Waals surface area (Å²) in [4.78, 5) is 10.5. The van der Waals surface area contributed by atoms with E-state index >= 15 is 0 Å². The third-order valence-electron chi connectivity index (χ3n) is 2.69. The number of aldehydes is 1. The van der Waals surface area contributed by atoms with Crippen molar-refractivity contribution >= 4 is 12.4 Å². The minimum Gasteiger partial charge on any atom is -0.298 e. The zero-order chi connectivity index (χ0) is 8.13. The molecule has 1 heteroatoms. The van der Waals surface area contributed by atoms with Gasteiger partial charge in [-0.2, -0.15) is 0 Å². The number of carbonyl (C=O) groups excluding carboxylic acids is 1. The molecule has 1 nitrogen and oxygen atoms in total. The summed E-state index contributed by atoms with van der Waals surface area (Å²) >= 11 is 0. The summed E-state index contributed by atoms with van der Waals surface area (Å²) in [5, 5.41) is 0.